The lowest BCUT2D eigenvalue weighted by Crippen LogP contribution is -2.51. The van der Waals surface area contributed by atoms with Crippen molar-refractivity contribution in [1.82, 2.24) is 15.5 Å². The Labute approximate surface area is 165 Å². The van der Waals surface area contributed by atoms with Crippen LogP contribution in [-0.4, -0.2) is 42.5 Å². The van der Waals surface area contributed by atoms with E-state index < -0.39 is 0 Å². The van der Waals surface area contributed by atoms with E-state index in [2.05, 4.69) is 52.5 Å². The van der Waals surface area contributed by atoms with Crippen molar-refractivity contribution < 1.29 is 9.59 Å². The standard InChI is InChI=1S/C20H30BrN3O2/c1-14(2)23-19(26)24-11-5-6-15(12-24)18(25)22-13-20(3,4)16-7-9-17(21)10-8-16/h7-10,14-15H,5-6,11-13H2,1-4H3,(H,22,25)(H,23,26). The molecule has 26 heavy (non-hydrogen) atoms. The van der Waals surface area contributed by atoms with Crippen molar-refractivity contribution >= 4 is 27.9 Å². The number of likely N-dealkylation sites (tertiary alicyclic amines) is 1. The summed E-state index contributed by atoms with van der Waals surface area (Å²) in [7, 11) is 0. The minimum Gasteiger partial charge on any atom is -0.355 e. The van der Waals surface area contributed by atoms with Gasteiger partial charge in [-0.25, -0.2) is 4.79 Å². The molecule has 1 aromatic rings. The zero-order chi connectivity index (χ0) is 19.3. The van der Waals surface area contributed by atoms with E-state index in [9.17, 15) is 9.59 Å². The number of halogens is 1. The summed E-state index contributed by atoms with van der Waals surface area (Å²) in [6, 6.07) is 8.22. The highest BCUT2D eigenvalue weighted by molar-refractivity contribution is 9.10. The van der Waals surface area contributed by atoms with Crippen LogP contribution in [-0.2, 0) is 10.2 Å². The molecule has 1 saturated heterocycles. The van der Waals surface area contributed by atoms with Crippen molar-refractivity contribution in [3.05, 3.63) is 34.3 Å². The molecular weight excluding hydrogens is 394 g/mol. The molecule has 144 valence electrons. The third-order valence-corrected chi connectivity index (χ3v) is 5.35. The summed E-state index contributed by atoms with van der Waals surface area (Å²) >= 11 is 3.45. The number of amides is 3. The zero-order valence-electron chi connectivity index (χ0n) is 16.1. The van der Waals surface area contributed by atoms with Gasteiger partial charge in [0.05, 0.1) is 5.92 Å². The Balaban J connectivity index is 1.90. The number of piperidine rings is 1. The molecule has 2 rings (SSSR count). The summed E-state index contributed by atoms with van der Waals surface area (Å²) < 4.78 is 1.04. The summed E-state index contributed by atoms with van der Waals surface area (Å²) in [5.41, 5.74) is 1.03. The first-order valence-corrected chi connectivity index (χ1v) is 10.1. The van der Waals surface area contributed by atoms with Crippen LogP contribution in [0.15, 0.2) is 28.7 Å². The van der Waals surface area contributed by atoms with E-state index in [1.54, 1.807) is 4.90 Å². The molecule has 0 aromatic heterocycles. The van der Waals surface area contributed by atoms with Crippen LogP contribution in [0.5, 0.6) is 0 Å². The van der Waals surface area contributed by atoms with E-state index in [-0.39, 0.29) is 29.3 Å². The molecule has 0 radical (unpaired) electrons. The van der Waals surface area contributed by atoms with Crippen LogP contribution in [0, 0.1) is 5.92 Å². The second-order valence-corrected chi connectivity index (χ2v) is 8.91. The van der Waals surface area contributed by atoms with Crippen LogP contribution in [0.1, 0.15) is 46.1 Å². The number of hydrogen-bond acceptors (Lipinski definition) is 2. The van der Waals surface area contributed by atoms with Crippen LogP contribution >= 0.6 is 15.9 Å². The molecule has 1 heterocycles. The minimum absolute atomic E-state index is 0.0391. The summed E-state index contributed by atoms with van der Waals surface area (Å²) in [4.78, 5) is 26.6. The number of carbonyl (C=O) groups is 2. The van der Waals surface area contributed by atoms with Gasteiger partial charge in [-0.2, -0.15) is 0 Å². The van der Waals surface area contributed by atoms with E-state index in [0.29, 0.717) is 19.6 Å². The Morgan fingerprint density at radius 2 is 1.92 bits per heavy atom. The van der Waals surface area contributed by atoms with E-state index in [4.69, 9.17) is 0 Å². The maximum Gasteiger partial charge on any atom is 0.317 e. The summed E-state index contributed by atoms with van der Waals surface area (Å²) in [5, 5.41) is 6.00. The van der Waals surface area contributed by atoms with Crippen molar-refractivity contribution in [2.24, 2.45) is 5.92 Å². The Bertz CT molecular complexity index is 628. The average Bonchev–Trinajstić information content (AvgIpc) is 2.59. The molecule has 1 aliphatic rings. The van der Waals surface area contributed by atoms with Crippen molar-refractivity contribution in [3.8, 4) is 0 Å². The van der Waals surface area contributed by atoms with Crippen molar-refractivity contribution in [2.75, 3.05) is 19.6 Å². The first-order valence-electron chi connectivity index (χ1n) is 9.28. The van der Waals surface area contributed by atoms with Crippen LogP contribution in [0.3, 0.4) is 0 Å². The number of carbonyl (C=O) groups excluding carboxylic acids is 2. The highest BCUT2D eigenvalue weighted by Crippen LogP contribution is 2.24. The lowest BCUT2D eigenvalue weighted by Gasteiger charge is -2.33. The zero-order valence-corrected chi connectivity index (χ0v) is 17.7. The fraction of sp³-hybridized carbons (Fsp3) is 0.600. The van der Waals surface area contributed by atoms with Gasteiger partial charge in [-0.3, -0.25) is 4.79 Å². The van der Waals surface area contributed by atoms with E-state index in [0.717, 1.165) is 17.3 Å². The Hall–Kier alpha value is -1.56. The monoisotopic (exact) mass is 423 g/mol. The Morgan fingerprint density at radius 1 is 1.27 bits per heavy atom. The van der Waals surface area contributed by atoms with Crippen LogP contribution < -0.4 is 10.6 Å². The van der Waals surface area contributed by atoms with E-state index >= 15 is 0 Å². The predicted molar refractivity (Wildman–Crippen MR) is 108 cm³/mol. The minimum atomic E-state index is -0.153. The van der Waals surface area contributed by atoms with Gasteiger partial charge in [-0.15, -0.1) is 0 Å². The van der Waals surface area contributed by atoms with Gasteiger partial charge < -0.3 is 15.5 Å². The fourth-order valence-electron chi connectivity index (χ4n) is 3.17. The number of nitrogens with one attached hydrogen (secondary N) is 2. The molecular formula is C20H30BrN3O2. The SMILES string of the molecule is CC(C)NC(=O)N1CCCC(C(=O)NCC(C)(C)c2ccc(Br)cc2)C1. The molecule has 1 atom stereocenters. The van der Waals surface area contributed by atoms with Gasteiger partial charge in [0.1, 0.15) is 0 Å². The lowest BCUT2D eigenvalue weighted by molar-refractivity contribution is -0.126. The number of nitrogens with zero attached hydrogens (tertiary/aromatic N) is 1. The maximum absolute atomic E-state index is 12.6. The molecule has 0 spiro atoms. The normalized spacial score (nSPS) is 17.9. The summed E-state index contributed by atoms with van der Waals surface area (Å²) in [6.07, 6.45) is 1.69. The second-order valence-electron chi connectivity index (χ2n) is 8.00. The van der Waals surface area contributed by atoms with E-state index in [1.165, 1.54) is 5.56 Å². The molecule has 2 N–H and O–H groups in total. The van der Waals surface area contributed by atoms with Crippen molar-refractivity contribution in [3.63, 3.8) is 0 Å². The molecule has 1 unspecified atom stereocenters. The topological polar surface area (TPSA) is 61.4 Å². The van der Waals surface area contributed by atoms with Gasteiger partial charge in [0.15, 0.2) is 0 Å². The molecule has 6 heteroatoms. The third kappa shape index (κ3) is 5.73. The maximum atomic E-state index is 12.6. The quantitative estimate of drug-likeness (QED) is 0.758. The highest BCUT2D eigenvalue weighted by atomic mass is 79.9. The second kappa shape index (κ2) is 8.89. The Morgan fingerprint density at radius 3 is 2.54 bits per heavy atom. The van der Waals surface area contributed by atoms with Gasteiger partial charge >= 0.3 is 6.03 Å². The molecule has 0 aliphatic carbocycles. The summed E-state index contributed by atoms with van der Waals surface area (Å²) in [6.45, 7) is 9.91. The average molecular weight is 424 g/mol. The van der Waals surface area contributed by atoms with Crippen molar-refractivity contribution in [1.29, 1.82) is 0 Å². The predicted octanol–water partition coefficient (Wildman–Crippen LogP) is 3.67. The first kappa shape index (κ1) is 20.7. The van der Waals surface area contributed by atoms with Gasteiger partial charge in [0, 0.05) is 35.6 Å². The number of benzene rings is 1. The Kier molecular flexibility index (Phi) is 7.09. The van der Waals surface area contributed by atoms with Crippen LogP contribution in [0.4, 0.5) is 4.79 Å². The van der Waals surface area contributed by atoms with Gasteiger partial charge in [0.25, 0.3) is 0 Å². The van der Waals surface area contributed by atoms with Gasteiger partial charge in [0.2, 0.25) is 5.91 Å². The molecule has 3 amide bonds. The number of hydrogen-bond donors (Lipinski definition) is 2. The first-order chi connectivity index (χ1) is 12.2. The smallest absolute Gasteiger partial charge is 0.317 e. The molecule has 0 saturated carbocycles. The molecule has 0 bridgehead atoms. The molecule has 1 aromatic carbocycles. The lowest BCUT2D eigenvalue weighted by atomic mass is 9.84. The van der Waals surface area contributed by atoms with E-state index in [1.807, 2.05) is 26.0 Å². The molecule has 5 nitrogen and oxygen atoms in total. The largest absolute Gasteiger partial charge is 0.355 e. The fourth-order valence-corrected chi connectivity index (χ4v) is 3.43. The van der Waals surface area contributed by atoms with Crippen LogP contribution in [0.2, 0.25) is 0 Å². The van der Waals surface area contributed by atoms with Crippen LogP contribution in [0.25, 0.3) is 0 Å². The molecule has 1 aliphatic heterocycles. The summed E-state index contributed by atoms with van der Waals surface area (Å²) in [5.74, 6) is -0.0976. The highest BCUT2D eigenvalue weighted by Gasteiger charge is 2.30. The number of rotatable bonds is 5. The number of urea groups is 1. The van der Waals surface area contributed by atoms with Gasteiger partial charge in [-0.05, 0) is 44.4 Å². The van der Waals surface area contributed by atoms with Gasteiger partial charge in [-0.1, -0.05) is 41.9 Å². The molecule has 1 fully saturated rings. The van der Waals surface area contributed by atoms with Crippen molar-refractivity contribution in [2.45, 2.75) is 52.0 Å². The third-order valence-electron chi connectivity index (χ3n) is 4.82.